The summed E-state index contributed by atoms with van der Waals surface area (Å²) in [5.41, 5.74) is 1.56. The first-order valence-corrected chi connectivity index (χ1v) is 8.89. The first kappa shape index (κ1) is 17.0. The van der Waals surface area contributed by atoms with Gasteiger partial charge in [0, 0.05) is 14.4 Å². The number of hydrogen-bond donors (Lipinski definition) is 2. The first-order valence-electron chi connectivity index (χ1n) is 7.30. The summed E-state index contributed by atoms with van der Waals surface area (Å²) < 4.78 is 1.81. The number of anilines is 1. The van der Waals surface area contributed by atoms with E-state index in [0.29, 0.717) is 5.92 Å². The van der Waals surface area contributed by atoms with Crippen molar-refractivity contribution in [2.24, 2.45) is 11.3 Å². The number of nitrogens with one attached hydrogen (secondary N) is 2. The highest BCUT2D eigenvalue weighted by molar-refractivity contribution is 9.11. The predicted molar refractivity (Wildman–Crippen MR) is 94.6 cm³/mol. The van der Waals surface area contributed by atoms with Gasteiger partial charge in [-0.25, -0.2) is 0 Å². The van der Waals surface area contributed by atoms with E-state index in [1.54, 1.807) is 0 Å². The molecule has 1 atom stereocenters. The smallest absolute Gasteiger partial charge is 0.230 e. The number of amides is 1. The summed E-state index contributed by atoms with van der Waals surface area (Å²) in [6, 6.07) is 4.02. The van der Waals surface area contributed by atoms with Crippen LogP contribution in [0.4, 0.5) is 5.69 Å². The zero-order valence-electron chi connectivity index (χ0n) is 12.7. The van der Waals surface area contributed by atoms with E-state index in [1.165, 1.54) is 0 Å². The fourth-order valence-electron chi connectivity index (χ4n) is 2.75. The molecule has 2 rings (SSSR count). The Morgan fingerprint density at radius 1 is 1.33 bits per heavy atom. The summed E-state index contributed by atoms with van der Waals surface area (Å²) in [5, 5.41) is 6.47. The highest BCUT2D eigenvalue weighted by atomic mass is 79.9. The second kappa shape index (κ2) is 6.80. The van der Waals surface area contributed by atoms with Crippen LogP contribution in [0.1, 0.15) is 32.3 Å². The zero-order valence-corrected chi connectivity index (χ0v) is 15.9. The molecule has 1 unspecified atom stereocenters. The zero-order chi connectivity index (χ0) is 15.6. The van der Waals surface area contributed by atoms with Gasteiger partial charge in [0.1, 0.15) is 0 Å². The van der Waals surface area contributed by atoms with Crippen LogP contribution in [0.25, 0.3) is 0 Å². The van der Waals surface area contributed by atoms with Gasteiger partial charge in [-0.2, -0.15) is 0 Å². The molecule has 1 aromatic rings. The van der Waals surface area contributed by atoms with Crippen molar-refractivity contribution in [1.82, 2.24) is 5.32 Å². The van der Waals surface area contributed by atoms with Gasteiger partial charge < -0.3 is 10.6 Å². The molecule has 0 saturated carbocycles. The Kier molecular flexibility index (Phi) is 5.49. The predicted octanol–water partition coefficient (Wildman–Crippen LogP) is 4.48. The third kappa shape index (κ3) is 3.88. The number of benzene rings is 1. The molecule has 21 heavy (non-hydrogen) atoms. The Labute approximate surface area is 143 Å². The molecule has 0 aromatic heterocycles. The van der Waals surface area contributed by atoms with Crippen molar-refractivity contribution in [3.63, 3.8) is 0 Å². The highest BCUT2D eigenvalue weighted by Gasteiger charge is 2.37. The van der Waals surface area contributed by atoms with Crippen LogP contribution in [0.2, 0.25) is 0 Å². The molecule has 1 saturated heterocycles. The van der Waals surface area contributed by atoms with E-state index in [0.717, 1.165) is 46.1 Å². The van der Waals surface area contributed by atoms with Crippen LogP contribution in [0.5, 0.6) is 0 Å². The fraction of sp³-hybridized carbons (Fsp3) is 0.562. The van der Waals surface area contributed by atoms with Crippen molar-refractivity contribution in [3.8, 4) is 0 Å². The van der Waals surface area contributed by atoms with Crippen LogP contribution >= 0.6 is 31.9 Å². The minimum atomic E-state index is -0.392. The van der Waals surface area contributed by atoms with Crippen molar-refractivity contribution >= 4 is 43.5 Å². The molecule has 116 valence electrons. The Hall–Kier alpha value is -0.390. The second-order valence-corrected chi connectivity index (χ2v) is 8.03. The molecule has 0 spiro atoms. The van der Waals surface area contributed by atoms with Crippen molar-refractivity contribution < 1.29 is 4.79 Å². The van der Waals surface area contributed by atoms with Crippen LogP contribution < -0.4 is 10.6 Å². The molecule has 1 heterocycles. The number of halogens is 2. The Bertz CT molecular complexity index is 514. The quantitative estimate of drug-likeness (QED) is 0.760. The van der Waals surface area contributed by atoms with E-state index >= 15 is 0 Å². The van der Waals surface area contributed by atoms with Gasteiger partial charge in [-0.05, 0) is 88.3 Å². The second-order valence-electron chi connectivity index (χ2n) is 6.32. The Morgan fingerprint density at radius 2 is 1.95 bits per heavy atom. The molecule has 1 aromatic carbocycles. The first-order chi connectivity index (χ1) is 9.82. The van der Waals surface area contributed by atoms with Crippen molar-refractivity contribution in [3.05, 3.63) is 26.6 Å². The Balaban J connectivity index is 2.17. The van der Waals surface area contributed by atoms with Crippen molar-refractivity contribution in [2.75, 3.05) is 18.4 Å². The lowest BCUT2D eigenvalue weighted by molar-refractivity contribution is -0.127. The SMILES string of the molecule is Cc1cc(Br)c(NC(=O)C(C)(C)C2CCCNC2)c(Br)c1. The average molecular weight is 418 g/mol. The van der Waals surface area contributed by atoms with Crippen molar-refractivity contribution in [1.29, 1.82) is 0 Å². The topological polar surface area (TPSA) is 41.1 Å². The highest BCUT2D eigenvalue weighted by Crippen LogP contribution is 2.37. The molecule has 1 amide bonds. The summed E-state index contributed by atoms with van der Waals surface area (Å²) in [7, 11) is 0. The van der Waals surface area contributed by atoms with Crippen LogP contribution in [0, 0.1) is 18.3 Å². The van der Waals surface area contributed by atoms with E-state index in [9.17, 15) is 4.79 Å². The minimum Gasteiger partial charge on any atom is -0.324 e. The molecule has 3 nitrogen and oxygen atoms in total. The maximum absolute atomic E-state index is 12.7. The number of carbonyl (C=O) groups excluding carboxylic acids is 1. The average Bonchev–Trinajstić information content (AvgIpc) is 2.43. The lowest BCUT2D eigenvalue weighted by Gasteiger charge is -2.36. The lowest BCUT2D eigenvalue weighted by atomic mass is 9.74. The molecule has 1 fully saturated rings. The van der Waals surface area contributed by atoms with Crippen LogP contribution in [-0.2, 0) is 4.79 Å². The molecule has 1 aliphatic heterocycles. The van der Waals surface area contributed by atoms with Crippen LogP contribution in [0.15, 0.2) is 21.1 Å². The van der Waals surface area contributed by atoms with Gasteiger partial charge >= 0.3 is 0 Å². The normalized spacial score (nSPS) is 19.4. The van der Waals surface area contributed by atoms with E-state index < -0.39 is 5.41 Å². The largest absolute Gasteiger partial charge is 0.324 e. The number of hydrogen-bond acceptors (Lipinski definition) is 2. The molecule has 0 bridgehead atoms. The van der Waals surface area contributed by atoms with Gasteiger partial charge in [-0.15, -0.1) is 0 Å². The van der Waals surface area contributed by atoms with Gasteiger partial charge in [0.2, 0.25) is 5.91 Å². The molecule has 1 aliphatic rings. The number of aryl methyl sites for hydroxylation is 1. The summed E-state index contributed by atoms with van der Waals surface area (Å²) in [6.45, 7) is 8.07. The number of piperidine rings is 1. The number of rotatable bonds is 3. The summed E-state index contributed by atoms with van der Waals surface area (Å²) in [5.74, 6) is 0.440. The minimum absolute atomic E-state index is 0.0708. The van der Waals surface area contributed by atoms with E-state index in [-0.39, 0.29) is 5.91 Å². The maximum atomic E-state index is 12.7. The Morgan fingerprint density at radius 3 is 2.48 bits per heavy atom. The summed E-state index contributed by atoms with van der Waals surface area (Å²) in [6.07, 6.45) is 2.24. The van der Waals surface area contributed by atoms with Gasteiger partial charge in [0.05, 0.1) is 5.69 Å². The molecule has 2 N–H and O–H groups in total. The van der Waals surface area contributed by atoms with Crippen LogP contribution in [-0.4, -0.2) is 19.0 Å². The van der Waals surface area contributed by atoms with Gasteiger partial charge in [-0.1, -0.05) is 13.8 Å². The molecular weight excluding hydrogens is 396 g/mol. The van der Waals surface area contributed by atoms with Crippen LogP contribution in [0.3, 0.4) is 0 Å². The third-order valence-electron chi connectivity index (χ3n) is 4.33. The molecular formula is C16H22Br2N2O. The molecule has 0 radical (unpaired) electrons. The van der Waals surface area contributed by atoms with E-state index in [2.05, 4.69) is 42.5 Å². The lowest BCUT2D eigenvalue weighted by Crippen LogP contribution is -2.44. The standard InChI is InChI=1S/C16H22Br2N2O/c1-10-7-12(17)14(13(18)8-10)20-15(21)16(2,3)11-5-4-6-19-9-11/h7-8,11,19H,4-6,9H2,1-3H3,(H,20,21). The van der Waals surface area contributed by atoms with Gasteiger partial charge in [0.25, 0.3) is 0 Å². The van der Waals surface area contributed by atoms with Gasteiger partial charge in [-0.3, -0.25) is 4.79 Å². The van der Waals surface area contributed by atoms with Gasteiger partial charge in [0.15, 0.2) is 0 Å². The fourth-order valence-corrected chi connectivity index (χ4v) is 4.36. The molecule has 5 heteroatoms. The maximum Gasteiger partial charge on any atom is 0.230 e. The summed E-state index contributed by atoms with van der Waals surface area (Å²) >= 11 is 7.06. The molecule has 0 aliphatic carbocycles. The van der Waals surface area contributed by atoms with Crippen molar-refractivity contribution in [2.45, 2.75) is 33.6 Å². The number of carbonyl (C=O) groups is 1. The monoisotopic (exact) mass is 416 g/mol. The third-order valence-corrected chi connectivity index (χ3v) is 5.58. The van der Waals surface area contributed by atoms with E-state index in [4.69, 9.17) is 0 Å². The van der Waals surface area contributed by atoms with E-state index in [1.807, 2.05) is 32.9 Å². The summed E-state index contributed by atoms with van der Waals surface area (Å²) in [4.78, 5) is 12.7.